The van der Waals surface area contributed by atoms with Crippen LogP contribution in [0.25, 0.3) is 5.69 Å². The molecule has 2 rings (SSSR count). The zero-order valence-electron chi connectivity index (χ0n) is 9.76. The summed E-state index contributed by atoms with van der Waals surface area (Å²) >= 11 is 5.80. The molecule has 0 saturated heterocycles. The standard InChI is InChI=1S/C12H12ClN3O2/c1-2-18-12(17)9-4-3-5-10(11(9)14)16-7-8(13)6-15-16/h3-7H,2,14H2,1H3. The maximum atomic E-state index is 11.7. The summed E-state index contributed by atoms with van der Waals surface area (Å²) < 4.78 is 6.44. The van der Waals surface area contributed by atoms with Crippen LogP contribution < -0.4 is 5.73 Å². The molecule has 0 aliphatic carbocycles. The van der Waals surface area contributed by atoms with Gasteiger partial charge >= 0.3 is 5.97 Å². The van der Waals surface area contributed by atoms with Crippen LogP contribution in [-0.4, -0.2) is 22.4 Å². The monoisotopic (exact) mass is 265 g/mol. The first-order valence-corrected chi connectivity index (χ1v) is 5.77. The van der Waals surface area contributed by atoms with Crippen LogP contribution in [0.4, 0.5) is 5.69 Å². The third kappa shape index (κ3) is 2.31. The van der Waals surface area contributed by atoms with E-state index in [0.29, 0.717) is 28.6 Å². The molecule has 5 nitrogen and oxygen atoms in total. The van der Waals surface area contributed by atoms with E-state index >= 15 is 0 Å². The molecule has 0 bridgehead atoms. The highest BCUT2D eigenvalue weighted by Crippen LogP contribution is 2.23. The van der Waals surface area contributed by atoms with Gasteiger partial charge in [-0.3, -0.25) is 0 Å². The largest absolute Gasteiger partial charge is 0.462 e. The average Bonchev–Trinajstić information content (AvgIpc) is 2.76. The quantitative estimate of drug-likeness (QED) is 0.683. The molecule has 0 radical (unpaired) electrons. The Morgan fingerprint density at radius 1 is 1.56 bits per heavy atom. The Labute approximate surface area is 109 Å². The summed E-state index contributed by atoms with van der Waals surface area (Å²) in [5.74, 6) is -0.449. The summed E-state index contributed by atoms with van der Waals surface area (Å²) in [5, 5.41) is 4.54. The van der Waals surface area contributed by atoms with E-state index in [4.69, 9.17) is 22.1 Å². The molecule has 94 valence electrons. The van der Waals surface area contributed by atoms with Crippen molar-refractivity contribution in [2.45, 2.75) is 6.92 Å². The topological polar surface area (TPSA) is 70.1 Å². The molecule has 0 atom stereocenters. The van der Waals surface area contributed by atoms with Crippen molar-refractivity contribution in [3.63, 3.8) is 0 Å². The predicted molar refractivity (Wildman–Crippen MR) is 68.9 cm³/mol. The number of carbonyl (C=O) groups is 1. The number of rotatable bonds is 3. The Bertz CT molecular complexity index is 580. The van der Waals surface area contributed by atoms with E-state index in [-0.39, 0.29) is 0 Å². The third-order valence-corrected chi connectivity index (χ3v) is 2.57. The molecule has 1 heterocycles. The van der Waals surface area contributed by atoms with E-state index in [0.717, 1.165) is 0 Å². The zero-order valence-corrected chi connectivity index (χ0v) is 10.5. The first kappa shape index (κ1) is 12.4. The van der Waals surface area contributed by atoms with Gasteiger partial charge in [0.2, 0.25) is 0 Å². The van der Waals surface area contributed by atoms with Crippen molar-refractivity contribution in [1.29, 1.82) is 0 Å². The summed E-state index contributed by atoms with van der Waals surface area (Å²) in [6, 6.07) is 5.08. The van der Waals surface area contributed by atoms with Gasteiger partial charge in [-0.2, -0.15) is 5.10 Å². The normalized spacial score (nSPS) is 10.3. The molecule has 0 aliphatic rings. The highest BCUT2D eigenvalue weighted by molar-refractivity contribution is 6.30. The minimum atomic E-state index is -0.449. The Balaban J connectivity index is 2.45. The molecule has 1 aromatic carbocycles. The smallest absolute Gasteiger partial charge is 0.340 e. The lowest BCUT2D eigenvalue weighted by molar-refractivity contribution is 0.0527. The number of para-hydroxylation sites is 1. The van der Waals surface area contributed by atoms with Crippen molar-refractivity contribution >= 4 is 23.3 Å². The fourth-order valence-corrected chi connectivity index (χ4v) is 1.71. The average molecular weight is 266 g/mol. The molecule has 0 amide bonds. The van der Waals surface area contributed by atoms with Gasteiger partial charge in [-0.05, 0) is 19.1 Å². The van der Waals surface area contributed by atoms with E-state index in [9.17, 15) is 4.79 Å². The van der Waals surface area contributed by atoms with Crippen LogP contribution in [0.5, 0.6) is 0 Å². The van der Waals surface area contributed by atoms with Crippen molar-refractivity contribution in [1.82, 2.24) is 9.78 Å². The van der Waals surface area contributed by atoms with Gasteiger partial charge in [0.25, 0.3) is 0 Å². The van der Waals surface area contributed by atoms with Gasteiger partial charge in [-0.25, -0.2) is 9.48 Å². The van der Waals surface area contributed by atoms with Gasteiger partial charge in [0.15, 0.2) is 0 Å². The lowest BCUT2D eigenvalue weighted by Gasteiger charge is -2.10. The van der Waals surface area contributed by atoms with Crippen molar-refractivity contribution < 1.29 is 9.53 Å². The minimum absolute atomic E-state index is 0.302. The van der Waals surface area contributed by atoms with Crippen LogP contribution in [0.15, 0.2) is 30.6 Å². The number of carbonyl (C=O) groups excluding carboxylic acids is 1. The van der Waals surface area contributed by atoms with Crippen LogP contribution in [0.1, 0.15) is 17.3 Å². The van der Waals surface area contributed by atoms with Crippen LogP contribution in [0.2, 0.25) is 5.02 Å². The first-order valence-electron chi connectivity index (χ1n) is 5.39. The van der Waals surface area contributed by atoms with Crippen LogP contribution in [-0.2, 0) is 4.74 Å². The maximum Gasteiger partial charge on any atom is 0.340 e. The summed E-state index contributed by atoms with van der Waals surface area (Å²) in [6.45, 7) is 2.04. The molecule has 0 saturated carbocycles. The van der Waals surface area contributed by atoms with Gasteiger partial charge in [-0.15, -0.1) is 0 Å². The summed E-state index contributed by atoms with van der Waals surface area (Å²) in [4.78, 5) is 11.7. The second-order valence-electron chi connectivity index (χ2n) is 3.56. The number of ether oxygens (including phenoxy) is 1. The SMILES string of the molecule is CCOC(=O)c1cccc(-n2cc(Cl)cn2)c1N. The van der Waals surface area contributed by atoms with Gasteiger partial charge in [-0.1, -0.05) is 17.7 Å². The molecule has 2 N–H and O–H groups in total. The van der Waals surface area contributed by atoms with E-state index in [2.05, 4.69) is 5.10 Å². The number of nitrogens with two attached hydrogens (primary N) is 1. The highest BCUT2D eigenvalue weighted by atomic mass is 35.5. The Hall–Kier alpha value is -2.01. The van der Waals surface area contributed by atoms with Gasteiger partial charge < -0.3 is 10.5 Å². The fraction of sp³-hybridized carbons (Fsp3) is 0.167. The number of aromatic nitrogens is 2. The summed E-state index contributed by atoms with van der Waals surface area (Å²) in [7, 11) is 0. The van der Waals surface area contributed by atoms with E-state index in [1.165, 1.54) is 10.9 Å². The molecule has 6 heteroatoms. The van der Waals surface area contributed by atoms with Gasteiger partial charge in [0, 0.05) is 6.20 Å². The van der Waals surface area contributed by atoms with Crippen LogP contribution in [0.3, 0.4) is 0 Å². The van der Waals surface area contributed by atoms with E-state index in [1.54, 1.807) is 31.3 Å². The van der Waals surface area contributed by atoms with Gasteiger partial charge in [0.1, 0.15) is 0 Å². The van der Waals surface area contributed by atoms with Crippen LogP contribution in [0, 0.1) is 0 Å². The second-order valence-corrected chi connectivity index (χ2v) is 4.00. The Morgan fingerprint density at radius 2 is 2.33 bits per heavy atom. The molecule has 18 heavy (non-hydrogen) atoms. The number of nitrogen functional groups attached to an aromatic ring is 1. The maximum absolute atomic E-state index is 11.7. The van der Waals surface area contributed by atoms with Crippen molar-refractivity contribution in [3.8, 4) is 5.69 Å². The Morgan fingerprint density at radius 3 is 2.94 bits per heavy atom. The van der Waals surface area contributed by atoms with Crippen LogP contribution >= 0.6 is 11.6 Å². The lowest BCUT2D eigenvalue weighted by Crippen LogP contribution is -2.10. The van der Waals surface area contributed by atoms with Crippen molar-refractivity contribution in [2.24, 2.45) is 0 Å². The van der Waals surface area contributed by atoms with E-state index < -0.39 is 5.97 Å². The fourth-order valence-electron chi connectivity index (χ4n) is 1.57. The number of hydrogen-bond acceptors (Lipinski definition) is 4. The lowest BCUT2D eigenvalue weighted by atomic mass is 10.1. The minimum Gasteiger partial charge on any atom is -0.462 e. The van der Waals surface area contributed by atoms with Crippen molar-refractivity contribution in [3.05, 3.63) is 41.2 Å². The van der Waals surface area contributed by atoms with Gasteiger partial charge in [0.05, 0.1) is 34.8 Å². The molecule has 0 spiro atoms. The first-order chi connectivity index (χ1) is 8.63. The highest BCUT2D eigenvalue weighted by Gasteiger charge is 2.14. The number of hydrogen-bond donors (Lipinski definition) is 1. The molecular weight excluding hydrogens is 254 g/mol. The molecule has 0 aliphatic heterocycles. The third-order valence-electron chi connectivity index (χ3n) is 2.38. The number of benzene rings is 1. The molecule has 0 unspecified atom stereocenters. The molecule has 2 aromatic rings. The number of halogens is 1. The second kappa shape index (κ2) is 5.10. The molecule has 0 fully saturated rings. The zero-order chi connectivity index (χ0) is 13.1. The number of anilines is 1. The summed E-state index contributed by atoms with van der Waals surface area (Å²) in [6.07, 6.45) is 3.11. The summed E-state index contributed by atoms with van der Waals surface area (Å²) in [5.41, 5.74) is 7.18. The van der Waals surface area contributed by atoms with E-state index in [1.807, 2.05) is 0 Å². The number of esters is 1. The Kier molecular flexibility index (Phi) is 3.53. The number of nitrogens with zero attached hydrogens (tertiary/aromatic N) is 2. The van der Waals surface area contributed by atoms with Crippen molar-refractivity contribution in [2.75, 3.05) is 12.3 Å². The predicted octanol–water partition coefficient (Wildman–Crippen LogP) is 2.28. The molecule has 1 aromatic heterocycles. The molecular formula is C12H12ClN3O2.